The Morgan fingerprint density at radius 3 is 1.31 bits per heavy atom. The predicted octanol–water partition coefficient (Wildman–Crippen LogP) is 6.07. The second-order valence-electron chi connectivity index (χ2n) is 7.29. The van der Waals surface area contributed by atoms with Gasteiger partial charge in [0, 0.05) is 0 Å². The summed E-state index contributed by atoms with van der Waals surface area (Å²) in [6.45, 7) is 0.430. The van der Waals surface area contributed by atoms with Crippen LogP contribution >= 0.6 is 0 Å². The molecular formula is C28H22O4. The Hall–Kier alpha value is -4.18. The van der Waals surface area contributed by atoms with Crippen LogP contribution in [0.5, 0.6) is 0 Å². The standard InChI is InChI=1S/C28H22O4/c29-27(31-19-21-9-3-1-4-10-21)25-15-7-13-23(17-25)24-14-8-16-26(18-24)28(30)32-20-22-11-5-2-6-12-22/h1-18H,19-20H2. The van der Waals surface area contributed by atoms with Gasteiger partial charge < -0.3 is 9.47 Å². The fourth-order valence-electron chi connectivity index (χ4n) is 3.26. The number of carbonyl (C=O) groups is 2. The van der Waals surface area contributed by atoms with E-state index in [1.54, 1.807) is 36.4 Å². The molecule has 0 aromatic heterocycles. The third kappa shape index (κ3) is 5.49. The van der Waals surface area contributed by atoms with Gasteiger partial charge in [0.25, 0.3) is 0 Å². The first kappa shape index (κ1) is 21.1. The molecule has 0 radical (unpaired) electrons. The number of rotatable bonds is 7. The molecule has 0 spiro atoms. The second kappa shape index (κ2) is 10.2. The highest BCUT2D eigenvalue weighted by molar-refractivity contribution is 5.93. The van der Waals surface area contributed by atoms with Gasteiger partial charge in [-0.1, -0.05) is 84.9 Å². The fourth-order valence-corrected chi connectivity index (χ4v) is 3.26. The summed E-state index contributed by atoms with van der Waals surface area (Å²) < 4.78 is 10.9. The molecule has 0 saturated heterocycles. The molecule has 4 aromatic rings. The lowest BCUT2D eigenvalue weighted by molar-refractivity contribution is 0.0464. The monoisotopic (exact) mass is 422 g/mol. The van der Waals surface area contributed by atoms with Crippen LogP contribution in [0.4, 0.5) is 0 Å². The van der Waals surface area contributed by atoms with Crippen molar-refractivity contribution in [3.05, 3.63) is 131 Å². The van der Waals surface area contributed by atoms with E-state index < -0.39 is 11.9 Å². The predicted molar refractivity (Wildman–Crippen MR) is 123 cm³/mol. The van der Waals surface area contributed by atoms with E-state index in [9.17, 15) is 9.59 Å². The molecule has 32 heavy (non-hydrogen) atoms. The Morgan fingerprint density at radius 1 is 0.500 bits per heavy atom. The summed E-state index contributed by atoms with van der Waals surface area (Å²) in [5.41, 5.74) is 4.40. The largest absolute Gasteiger partial charge is 0.457 e. The van der Waals surface area contributed by atoms with E-state index in [1.165, 1.54) is 0 Å². The van der Waals surface area contributed by atoms with E-state index in [0.717, 1.165) is 22.3 Å². The average molecular weight is 422 g/mol. The summed E-state index contributed by atoms with van der Waals surface area (Å²) in [6, 6.07) is 33.4. The molecular weight excluding hydrogens is 400 g/mol. The maximum absolute atomic E-state index is 12.5. The Kier molecular flexibility index (Phi) is 6.73. The summed E-state index contributed by atoms with van der Waals surface area (Å²) in [5.74, 6) is -0.789. The average Bonchev–Trinajstić information content (AvgIpc) is 2.87. The van der Waals surface area contributed by atoms with Crippen LogP contribution < -0.4 is 0 Å². The molecule has 4 aromatic carbocycles. The van der Waals surface area contributed by atoms with Gasteiger partial charge in [0.1, 0.15) is 13.2 Å². The molecule has 158 valence electrons. The van der Waals surface area contributed by atoms with Crippen LogP contribution in [-0.2, 0) is 22.7 Å². The van der Waals surface area contributed by atoms with Crippen molar-refractivity contribution in [2.45, 2.75) is 13.2 Å². The van der Waals surface area contributed by atoms with Crippen LogP contribution in [0.15, 0.2) is 109 Å². The maximum atomic E-state index is 12.5. The summed E-state index contributed by atoms with van der Waals surface area (Å²) in [7, 11) is 0. The SMILES string of the molecule is O=C(OCc1ccccc1)c1cccc(-c2cccc(C(=O)OCc3ccccc3)c2)c1. The zero-order valence-corrected chi connectivity index (χ0v) is 17.4. The summed E-state index contributed by atoms with van der Waals surface area (Å²) >= 11 is 0. The number of benzene rings is 4. The topological polar surface area (TPSA) is 52.6 Å². The van der Waals surface area contributed by atoms with Crippen LogP contribution in [0.2, 0.25) is 0 Å². The Balaban J connectivity index is 1.44. The highest BCUT2D eigenvalue weighted by atomic mass is 16.5. The molecule has 4 heteroatoms. The lowest BCUT2D eigenvalue weighted by Gasteiger charge is -2.09. The van der Waals surface area contributed by atoms with Crippen molar-refractivity contribution in [3.63, 3.8) is 0 Å². The van der Waals surface area contributed by atoms with Crippen molar-refractivity contribution in [2.24, 2.45) is 0 Å². The van der Waals surface area contributed by atoms with Crippen molar-refractivity contribution >= 4 is 11.9 Å². The first-order valence-corrected chi connectivity index (χ1v) is 10.3. The lowest BCUT2D eigenvalue weighted by atomic mass is 10.0. The van der Waals surface area contributed by atoms with Gasteiger partial charge in [0.15, 0.2) is 0 Å². The molecule has 0 heterocycles. The summed E-state index contributed by atoms with van der Waals surface area (Å²) in [4.78, 5) is 25.0. The smallest absolute Gasteiger partial charge is 0.338 e. The summed E-state index contributed by atoms with van der Waals surface area (Å²) in [5, 5.41) is 0. The van der Waals surface area contributed by atoms with E-state index in [-0.39, 0.29) is 13.2 Å². The molecule has 0 aliphatic heterocycles. The first-order chi connectivity index (χ1) is 15.7. The Morgan fingerprint density at radius 2 is 0.906 bits per heavy atom. The van der Waals surface area contributed by atoms with Crippen molar-refractivity contribution in [3.8, 4) is 11.1 Å². The fraction of sp³-hybridized carbons (Fsp3) is 0.0714. The van der Waals surface area contributed by atoms with Crippen LogP contribution in [-0.4, -0.2) is 11.9 Å². The Labute approximate surface area is 187 Å². The first-order valence-electron chi connectivity index (χ1n) is 10.3. The Bertz CT molecular complexity index is 1100. The molecule has 0 aliphatic carbocycles. The third-order valence-electron chi connectivity index (χ3n) is 4.96. The minimum atomic E-state index is -0.394. The molecule has 0 fully saturated rings. The highest BCUT2D eigenvalue weighted by Crippen LogP contribution is 2.23. The molecule has 0 atom stereocenters. The van der Waals surface area contributed by atoms with Crippen LogP contribution in [0.25, 0.3) is 11.1 Å². The molecule has 0 N–H and O–H groups in total. The molecule has 0 bridgehead atoms. The summed E-state index contributed by atoms with van der Waals surface area (Å²) in [6.07, 6.45) is 0. The van der Waals surface area contributed by atoms with Crippen molar-refractivity contribution in [2.75, 3.05) is 0 Å². The maximum Gasteiger partial charge on any atom is 0.338 e. The minimum Gasteiger partial charge on any atom is -0.457 e. The molecule has 4 rings (SSSR count). The van der Waals surface area contributed by atoms with Gasteiger partial charge >= 0.3 is 11.9 Å². The van der Waals surface area contributed by atoms with Crippen molar-refractivity contribution in [1.82, 2.24) is 0 Å². The number of hydrogen-bond acceptors (Lipinski definition) is 4. The van der Waals surface area contributed by atoms with E-state index in [4.69, 9.17) is 9.47 Å². The molecule has 0 amide bonds. The molecule has 4 nitrogen and oxygen atoms in total. The molecule has 0 aliphatic rings. The highest BCUT2D eigenvalue weighted by Gasteiger charge is 2.12. The number of esters is 2. The zero-order chi connectivity index (χ0) is 22.2. The number of carbonyl (C=O) groups excluding carboxylic acids is 2. The third-order valence-corrected chi connectivity index (χ3v) is 4.96. The quantitative estimate of drug-likeness (QED) is 0.339. The van der Waals surface area contributed by atoms with Crippen molar-refractivity contribution < 1.29 is 19.1 Å². The second-order valence-corrected chi connectivity index (χ2v) is 7.29. The number of hydrogen-bond donors (Lipinski definition) is 0. The normalized spacial score (nSPS) is 10.4. The number of ether oxygens (including phenoxy) is 2. The van der Waals surface area contributed by atoms with Gasteiger partial charge in [-0.3, -0.25) is 0 Å². The van der Waals surface area contributed by atoms with Gasteiger partial charge in [-0.25, -0.2) is 9.59 Å². The lowest BCUT2D eigenvalue weighted by Crippen LogP contribution is -2.06. The molecule has 0 saturated carbocycles. The van der Waals surface area contributed by atoms with Crippen LogP contribution in [0, 0.1) is 0 Å². The molecule has 0 unspecified atom stereocenters. The van der Waals surface area contributed by atoms with Gasteiger partial charge in [-0.05, 0) is 46.5 Å². The van der Waals surface area contributed by atoms with E-state index in [2.05, 4.69) is 0 Å². The van der Waals surface area contributed by atoms with E-state index in [1.807, 2.05) is 72.8 Å². The van der Waals surface area contributed by atoms with Gasteiger partial charge in [-0.2, -0.15) is 0 Å². The van der Waals surface area contributed by atoms with Gasteiger partial charge in [-0.15, -0.1) is 0 Å². The van der Waals surface area contributed by atoms with E-state index >= 15 is 0 Å². The van der Waals surface area contributed by atoms with Gasteiger partial charge in [0.05, 0.1) is 11.1 Å². The zero-order valence-electron chi connectivity index (χ0n) is 17.4. The van der Waals surface area contributed by atoms with Crippen LogP contribution in [0.3, 0.4) is 0 Å². The minimum absolute atomic E-state index is 0.215. The van der Waals surface area contributed by atoms with Gasteiger partial charge in [0.2, 0.25) is 0 Å². The van der Waals surface area contributed by atoms with Crippen molar-refractivity contribution in [1.29, 1.82) is 0 Å². The van der Waals surface area contributed by atoms with Crippen LogP contribution in [0.1, 0.15) is 31.8 Å². The van der Waals surface area contributed by atoms with E-state index in [0.29, 0.717) is 11.1 Å².